The molecule has 0 bridgehead atoms. The lowest BCUT2D eigenvalue weighted by Crippen LogP contribution is -2.05. The molecule has 0 N–H and O–H groups in total. The van der Waals surface area contributed by atoms with Gasteiger partial charge in [0.25, 0.3) is 0 Å². The maximum Gasteiger partial charge on any atom is 0.416 e. The summed E-state index contributed by atoms with van der Waals surface area (Å²) in [5.41, 5.74) is -0.347. The molecule has 0 unspecified atom stereocenters. The molecule has 1 aromatic heterocycles. The Hall–Kier alpha value is -3.02. The van der Waals surface area contributed by atoms with Crippen molar-refractivity contribution in [3.05, 3.63) is 64.3 Å². The number of alkyl halides is 3. The number of ether oxygens (including phenoxy) is 1. The van der Waals surface area contributed by atoms with E-state index in [1.165, 1.54) is 19.2 Å². The van der Waals surface area contributed by atoms with Crippen molar-refractivity contribution in [1.82, 2.24) is 0 Å². The Bertz CT molecular complexity index is 1190. The van der Waals surface area contributed by atoms with Crippen molar-refractivity contribution in [3.63, 3.8) is 0 Å². The number of fused-ring (bicyclic) bond motifs is 3. The number of hydrogen-bond acceptors (Lipinski definition) is 3. The highest BCUT2D eigenvalue weighted by Crippen LogP contribution is 2.33. The number of hydrogen-bond donors (Lipinski definition) is 0. The van der Waals surface area contributed by atoms with Gasteiger partial charge in [-0.15, -0.1) is 0 Å². The van der Waals surface area contributed by atoms with Crippen LogP contribution in [0.1, 0.15) is 5.56 Å². The van der Waals surface area contributed by atoms with Crippen LogP contribution in [0.5, 0.6) is 5.75 Å². The minimum absolute atomic E-state index is 0.229. The first kappa shape index (κ1) is 15.5. The van der Waals surface area contributed by atoms with Crippen molar-refractivity contribution in [2.45, 2.75) is 6.18 Å². The van der Waals surface area contributed by atoms with Crippen LogP contribution in [0.2, 0.25) is 0 Å². The molecule has 0 saturated heterocycles. The van der Waals surface area contributed by atoms with Crippen molar-refractivity contribution < 1.29 is 22.3 Å². The summed E-state index contributed by atoms with van der Waals surface area (Å²) in [5, 5.41) is 1.44. The average molecular weight is 344 g/mol. The zero-order valence-corrected chi connectivity index (χ0v) is 13.0. The first-order chi connectivity index (χ1) is 11.9. The third-order valence-electron chi connectivity index (χ3n) is 4.16. The molecule has 4 aromatic rings. The third kappa shape index (κ3) is 2.50. The summed E-state index contributed by atoms with van der Waals surface area (Å²) < 4.78 is 49.6. The van der Waals surface area contributed by atoms with E-state index in [-0.39, 0.29) is 10.8 Å². The Labute approximate surface area is 139 Å². The van der Waals surface area contributed by atoms with Crippen LogP contribution in [0, 0.1) is 0 Å². The zero-order chi connectivity index (χ0) is 17.8. The van der Waals surface area contributed by atoms with Crippen LogP contribution >= 0.6 is 0 Å². The standard InChI is InChI=1S/C19H11F3O3/c1-24-13-4-5-16-15(9-13)18(23)14-7-11-6-12(19(20,21)22)3-2-10(11)8-17(14)25-16/h2-9H,1H3. The second-order valence-electron chi connectivity index (χ2n) is 5.70. The highest BCUT2D eigenvalue weighted by Gasteiger charge is 2.30. The second-order valence-corrected chi connectivity index (χ2v) is 5.70. The van der Waals surface area contributed by atoms with Gasteiger partial charge in [0.2, 0.25) is 5.43 Å². The van der Waals surface area contributed by atoms with E-state index < -0.39 is 11.7 Å². The molecular formula is C19H11F3O3. The van der Waals surface area contributed by atoms with E-state index in [0.717, 1.165) is 12.1 Å². The van der Waals surface area contributed by atoms with E-state index in [9.17, 15) is 18.0 Å². The fourth-order valence-electron chi connectivity index (χ4n) is 2.88. The summed E-state index contributed by atoms with van der Waals surface area (Å²) in [7, 11) is 1.48. The highest BCUT2D eigenvalue weighted by atomic mass is 19.4. The third-order valence-corrected chi connectivity index (χ3v) is 4.16. The molecule has 126 valence electrons. The summed E-state index contributed by atoms with van der Waals surface area (Å²) in [5.74, 6) is 0.499. The maximum absolute atomic E-state index is 12.9. The van der Waals surface area contributed by atoms with Gasteiger partial charge in [-0.25, -0.2) is 0 Å². The Morgan fingerprint density at radius 1 is 0.880 bits per heavy atom. The normalized spacial score (nSPS) is 12.2. The Morgan fingerprint density at radius 3 is 2.36 bits per heavy atom. The summed E-state index contributed by atoms with van der Waals surface area (Å²) in [6.45, 7) is 0. The molecule has 0 aliphatic heterocycles. The number of methoxy groups -OCH3 is 1. The molecule has 0 amide bonds. The topological polar surface area (TPSA) is 39.4 Å². The molecule has 6 heteroatoms. The van der Waals surface area contributed by atoms with Crippen molar-refractivity contribution in [1.29, 1.82) is 0 Å². The van der Waals surface area contributed by atoms with Crippen molar-refractivity contribution >= 4 is 32.7 Å². The molecule has 0 radical (unpaired) electrons. The molecule has 4 rings (SSSR count). The van der Waals surface area contributed by atoms with Gasteiger partial charge >= 0.3 is 6.18 Å². The van der Waals surface area contributed by atoms with Gasteiger partial charge in [-0.05, 0) is 53.2 Å². The monoisotopic (exact) mass is 344 g/mol. The van der Waals surface area contributed by atoms with E-state index in [0.29, 0.717) is 33.1 Å². The first-order valence-corrected chi connectivity index (χ1v) is 7.42. The van der Waals surface area contributed by atoms with Crippen molar-refractivity contribution in [2.24, 2.45) is 0 Å². The molecule has 0 spiro atoms. The van der Waals surface area contributed by atoms with Crippen molar-refractivity contribution in [3.8, 4) is 5.75 Å². The maximum atomic E-state index is 12.9. The van der Waals surface area contributed by atoms with Gasteiger partial charge in [-0.1, -0.05) is 6.07 Å². The van der Waals surface area contributed by atoms with Gasteiger partial charge in [-0.3, -0.25) is 4.79 Å². The second kappa shape index (κ2) is 5.24. The summed E-state index contributed by atoms with van der Waals surface area (Å²) in [6, 6.07) is 11.3. The lowest BCUT2D eigenvalue weighted by Gasteiger charge is -2.09. The zero-order valence-electron chi connectivity index (χ0n) is 13.0. The SMILES string of the molecule is COc1ccc2oc3cc4ccc(C(F)(F)F)cc4cc3c(=O)c2c1. The predicted molar refractivity (Wildman–Crippen MR) is 89.1 cm³/mol. The summed E-state index contributed by atoms with van der Waals surface area (Å²) in [4.78, 5) is 12.7. The Morgan fingerprint density at radius 2 is 1.64 bits per heavy atom. The molecule has 3 nitrogen and oxygen atoms in total. The van der Waals surface area contributed by atoms with E-state index in [4.69, 9.17) is 9.15 Å². The highest BCUT2D eigenvalue weighted by molar-refractivity contribution is 5.99. The van der Waals surface area contributed by atoms with Crippen molar-refractivity contribution in [2.75, 3.05) is 7.11 Å². The largest absolute Gasteiger partial charge is 0.497 e. The Balaban J connectivity index is 2.07. The summed E-state index contributed by atoms with van der Waals surface area (Å²) >= 11 is 0. The van der Waals surface area contributed by atoms with E-state index in [1.807, 2.05) is 0 Å². The quantitative estimate of drug-likeness (QED) is 0.450. The predicted octanol–water partition coefficient (Wildman–Crippen LogP) is 5.13. The van der Waals surface area contributed by atoms with Gasteiger partial charge in [-0.2, -0.15) is 13.2 Å². The van der Waals surface area contributed by atoms with E-state index in [2.05, 4.69) is 0 Å². The molecule has 0 fully saturated rings. The number of rotatable bonds is 1. The minimum atomic E-state index is -4.44. The fourth-order valence-corrected chi connectivity index (χ4v) is 2.88. The molecule has 1 heterocycles. The summed E-state index contributed by atoms with van der Waals surface area (Å²) in [6.07, 6.45) is -4.44. The van der Waals surface area contributed by atoms with Crippen LogP contribution in [0.15, 0.2) is 57.7 Å². The first-order valence-electron chi connectivity index (χ1n) is 7.42. The minimum Gasteiger partial charge on any atom is -0.497 e. The molecule has 0 aliphatic rings. The van der Waals surface area contributed by atoms with Gasteiger partial charge in [0, 0.05) is 0 Å². The Kier molecular flexibility index (Phi) is 3.25. The fraction of sp³-hybridized carbons (Fsp3) is 0.105. The van der Waals surface area contributed by atoms with Gasteiger partial charge in [0.1, 0.15) is 16.9 Å². The number of benzene rings is 3. The van der Waals surface area contributed by atoms with Crippen LogP contribution in [-0.2, 0) is 6.18 Å². The van der Waals surface area contributed by atoms with Crippen LogP contribution in [-0.4, -0.2) is 7.11 Å². The van der Waals surface area contributed by atoms with Crippen LogP contribution in [0.3, 0.4) is 0 Å². The van der Waals surface area contributed by atoms with E-state index in [1.54, 1.807) is 24.3 Å². The van der Waals surface area contributed by atoms with Crippen LogP contribution < -0.4 is 10.2 Å². The molecular weight excluding hydrogens is 333 g/mol. The van der Waals surface area contributed by atoms with Gasteiger partial charge < -0.3 is 9.15 Å². The van der Waals surface area contributed by atoms with Crippen LogP contribution in [0.4, 0.5) is 13.2 Å². The average Bonchev–Trinajstić information content (AvgIpc) is 2.59. The van der Waals surface area contributed by atoms with Gasteiger partial charge in [0.05, 0.1) is 23.4 Å². The van der Waals surface area contributed by atoms with Crippen LogP contribution in [0.25, 0.3) is 32.7 Å². The number of halogens is 3. The van der Waals surface area contributed by atoms with Gasteiger partial charge in [0.15, 0.2) is 0 Å². The lowest BCUT2D eigenvalue weighted by atomic mass is 10.0. The van der Waals surface area contributed by atoms with E-state index >= 15 is 0 Å². The molecule has 0 atom stereocenters. The molecule has 0 aliphatic carbocycles. The lowest BCUT2D eigenvalue weighted by molar-refractivity contribution is -0.137. The molecule has 0 saturated carbocycles. The smallest absolute Gasteiger partial charge is 0.416 e. The molecule has 3 aromatic carbocycles. The molecule has 25 heavy (non-hydrogen) atoms.